The number of hydrogen-bond donors (Lipinski definition) is 4. The summed E-state index contributed by atoms with van der Waals surface area (Å²) in [6.07, 6.45) is 0.690. The number of benzene rings is 3. The van der Waals surface area contributed by atoms with Gasteiger partial charge in [0.2, 0.25) is 0 Å². The molecule has 0 amide bonds. The summed E-state index contributed by atoms with van der Waals surface area (Å²) in [7, 11) is 0. The average Bonchev–Trinajstić information content (AvgIpc) is 2.83. The Hall–Kier alpha value is -3.14. The molecule has 1 aliphatic rings. The summed E-state index contributed by atoms with van der Waals surface area (Å²) in [5, 5.41) is 39.5. The van der Waals surface area contributed by atoms with Gasteiger partial charge in [0.25, 0.3) is 0 Å². The van der Waals surface area contributed by atoms with E-state index in [-0.39, 0.29) is 28.9 Å². The van der Waals surface area contributed by atoms with Gasteiger partial charge in [-0.2, -0.15) is 0 Å². The zero-order chi connectivity index (χ0) is 16.8. The van der Waals surface area contributed by atoms with E-state index in [4.69, 9.17) is 0 Å². The molecule has 1 aliphatic carbocycles. The van der Waals surface area contributed by atoms with Crippen molar-refractivity contribution < 1.29 is 20.4 Å². The van der Waals surface area contributed by atoms with Crippen LogP contribution in [0.25, 0.3) is 11.1 Å². The molecule has 3 aromatic rings. The Bertz CT molecular complexity index is 875. The van der Waals surface area contributed by atoms with E-state index in [1.165, 1.54) is 12.1 Å². The van der Waals surface area contributed by atoms with Gasteiger partial charge in [-0.1, -0.05) is 30.3 Å². The lowest BCUT2D eigenvalue weighted by molar-refractivity contribution is 0.403. The third-order valence-corrected chi connectivity index (χ3v) is 4.62. The van der Waals surface area contributed by atoms with Gasteiger partial charge in [0.05, 0.1) is 0 Å². The molecular formula is C20H16O4. The van der Waals surface area contributed by atoms with E-state index in [2.05, 4.69) is 0 Å². The van der Waals surface area contributed by atoms with Crippen molar-refractivity contribution in [3.05, 3.63) is 71.3 Å². The lowest BCUT2D eigenvalue weighted by Gasteiger charge is -2.14. The minimum absolute atomic E-state index is 0.0737. The van der Waals surface area contributed by atoms with Crippen LogP contribution in [0.15, 0.2) is 54.6 Å². The molecule has 0 aromatic heterocycles. The third kappa shape index (κ3) is 2.15. The highest BCUT2D eigenvalue weighted by molar-refractivity contribution is 5.83. The van der Waals surface area contributed by atoms with E-state index in [1.54, 1.807) is 12.1 Å². The summed E-state index contributed by atoms with van der Waals surface area (Å²) >= 11 is 0. The molecule has 0 fully saturated rings. The Balaban J connectivity index is 1.91. The van der Waals surface area contributed by atoms with E-state index in [1.807, 2.05) is 30.3 Å². The van der Waals surface area contributed by atoms with Crippen LogP contribution >= 0.6 is 0 Å². The number of hydrogen-bond acceptors (Lipinski definition) is 4. The first kappa shape index (κ1) is 14.5. The summed E-state index contributed by atoms with van der Waals surface area (Å²) in [5.74, 6) is -0.822. The molecule has 0 spiro atoms. The van der Waals surface area contributed by atoms with Gasteiger partial charge in [-0.3, -0.25) is 0 Å². The minimum Gasteiger partial charge on any atom is -0.504 e. The molecule has 0 unspecified atom stereocenters. The Morgan fingerprint density at radius 2 is 1.08 bits per heavy atom. The second-order valence-electron chi connectivity index (χ2n) is 6.10. The van der Waals surface area contributed by atoms with Gasteiger partial charge in [0.1, 0.15) is 0 Å². The van der Waals surface area contributed by atoms with Gasteiger partial charge in [0, 0.05) is 5.92 Å². The Morgan fingerprint density at radius 3 is 1.58 bits per heavy atom. The number of rotatable bonds is 2. The van der Waals surface area contributed by atoms with Gasteiger partial charge in [-0.25, -0.2) is 0 Å². The number of aromatic hydroxyl groups is 4. The maximum atomic E-state index is 9.91. The van der Waals surface area contributed by atoms with Crippen LogP contribution in [0.3, 0.4) is 0 Å². The number of fused-ring (bicyclic) bond motifs is 3. The van der Waals surface area contributed by atoms with Crippen molar-refractivity contribution in [2.75, 3.05) is 0 Å². The smallest absolute Gasteiger partial charge is 0.158 e. The molecule has 4 nitrogen and oxygen atoms in total. The number of phenolic OH excluding ortho intramolecular Hbond substituents is 4. The van der Waals surface area contributed by atoms with Crippen LogP contribution in [-0.4, -0.2) is 20.4 Å². The molecule has 4 rings (SSSR count). The molecule has 120 valence electrons. The minimum atomic E-state index is -0.201. The standard InChI is InChI=1S/C20H16O4/c21-17-7-13-12(6-11-4-2-1-3-5-11)14-8-18(22)20(24)10-16(14)15(13)9-19(17)23/h1-5,7-10,12,21-24H,6H2. The summed E-state index contributed by atoms with van der Waals surface area (Å²) in [6, 6.07) is 16.1. The van der Waals surface area contributed by atoms with Crippen molar-refractivity contribution in [2.24, 2.45) is 0 Å². The zero-order valence-electron chi connectivity index (χ0n) is 12.8. The summed E-state index contributed by atoms with van der Waals surface area (Å²) < 4.78 is 0. The fourth-order valence-electron chi connectivity index (χ4n) is 3.47. The van der Waals surface area contributed by atoms with Gasteiger partial charge < -0.3 is 20.4 Å². The third-order valence-electron chi connectivity index (χ3n) is 4.62. The highest BCUT2D eigenvalue weighted by Crippen LogP contribution is 2.51. The van der Waals surface area contributed by atoms with Crippen LogP contribution in [0.4, 0.5) is 0 Å². The fourth-order valence-corrected chi connectivity index (χ4v) is 3.47. The van der Waals surface area contributed by atoms with Crippen LogP contribution in [-0.2, 0) is 6.42 Å². The van der Waals surface area contributed by atoms with E-state index in [0.717, 1.165) is 27.8 Å². The van der Waals surface area contributed by atoms with Crippen LogP contribution in [0, 0.1) is 0 Å². The highest BCUT2D eigenvalue weighted by Gasteiger charge is 2.31. The van der Waals surface area contributed by atoms with E-state index in [9.17, 15) is 20.4 Å². The quantitative estimate of drug-likeness (QED) is 0.540. The molecule has 4 N–H and O–H groups in total. The van der Waals surface area contributed by atoms with Gasteiger partial charge in [-0.15, -0.1) is 0 Å². The second kappa shape index (κ2) is 5.20. The SMILES string of the molecule is Oc1cc2c(cc1O)C(Cc1ccccc1)c1cc(O)c(O)cc1-2. The zero-order valence-corrected chi connectivity index (χ0v) is 12.8. The van der Waals surface area contributed by atoms with Crippen molar-refractivity contribution in [2.45, 2.75) is 12.3 Å². The maximum Gasteiger partial charge on any atom is 0.158 e. The molecular weight excluding hydrogens is 304 g/mol. The Labute approximate surface area is 138 Å². The topological polar surface area (TPSA) is 80.9 Å². The second-order valence-corrected chi connectivity index (χ2v) is 6.10. The van der Waals surface area contributed by atoms with Crippen LogP contribution in [0.5, 0.6) is 23.0 Å². The molecule has 0 aliphatic heterocycles. The fraction of sp³-hybridized carbons (Fsp3) is 0.100. The average molecular weight is 320 g/mol. The Morgan fingerprint density at radius 1 is 0.625 bits per heavy atom. The van der Waals surface area contributed by atoms with E-state index in [0.29, 0.717) is 6.42 Å². The largest absolute Gasteiger partial charge is 0.504 e. The van der Waals surface area contributed by atoms with Crippen LogP contribution in [0.2, 0.25) is 0 Å². The van der Waals surface area contributed by atoms with Crippen molar-refractivity contribution in [1.29, 1.82) is 0 Å². The van der Waals surface area contributed by atoms with E-state index >= 15 is 0 Å². The Kier molecular flexibility index (Phi) is 3.13. The molecule has 3 aromatic carbocycles. The first-order valence-corrected chi connectivity index (χ1v) is 7.70. The molecule has 0 atom stereocenters. The summed E-state index contributed by atoms with van der Waals surface area (Å²) in [5.41, 5.74) is 4.39. The van der Waals surface area contributed by atoms with E-state index < -0.39 is 0 Å². The molecule has 24 heavy (non-hydrogen) atoms. The maximum absolute atomic E-state index is 9.91. The number of phenols is 4. The molecule has 0 saturated carbocycles. The van der Waals surface area contributed by atoms with Gasteiger partial charge in [-0.05, 0) is 58.5 Å². The summed E-state index contributed by atoms with van der Waals surface area (Å²) in [6.45, 7) is 0. The summed E-state index contributed by atoms with van der Waals surface area (Å²) in [4.78, 5) is 0. The van der Waals surface area contributed by atoms with Crippen molar-refractivity contribution in [1.82, 2.24) is 0 Å². The predicted octanol–water partition coefficient (Wildman–Crippen LogP) is 3.86. The molecule has 0 heterocycles. The molecule has 0 radical (unpaired) electrons. The predicted molar refractivity (Wildman–Crippen MR) is 90.5 cm³/mol. The van der Waals surface area contributed by atoms with Crippen molar-refractivity contribution >= 4 is 0 Å². The van der Waals surface area contributed by atoms with Gasteiger partial charge in [0.15, 0.2) is 23.0 Å². The van der Waals surface area contributed by atoms with Crippen molar-refractivity contribution in [3.63, 3.8) is 0 Å². The van der Waals surface area contributed by atoms with Gasteiger partial charge >= 0.3 is 0 Å². The van der Waals surface area contributed by atoms with Crippen molar-refractivity contribution in [3.8, 4) is 34.1 Å². The first-order valence-electron chi connectivity index (χ1n) is 7.70. The molecule has 0 saturated heterocycles. The lowest BCUT2D eigenvalue weighted by atomic mass is 9.90. The van der Waals surface area contributed by atoms with Crippen LogP contribution < -0.4 is 0 Å². The van der Waals surface area contributed by atoms with Crippen LogP contribution in [0.1, 0.15) is 22.6 Å². The molecule has 0 bridgehead atoms. The monoisotopic (exact) mass is 320 g/mol. The normalized spacial score (nSPS) is 12.8. The lowest BCUT2D eigenvalue weighted by Crippen LogP contribution is -2.01. The first-order chi connectivity index (χ1) is 11.5. The molecule has 4 heteroatoms. The highest BCUT2D eigenvalue weighted by atomic mass is 16.3.